The van der Waals surface area contributed by atoms with Gasteiger partial charge in [-0.2, -0.15) is 0 Å². The van der Waals surface area contributed by atoms with Gasteiger partial charge in [0.1, 0.15) is 5.82 Å². The monoisotopic (exact) mass is 385 g/mol. The number of halogens is 4. The van der Waals surface area contributed by atoms with E-state index in [1.807, 2.05) is 0 Å². The number of benzene rings is 1. The molecule has 2 N–H and O–H groups in total. The summed E-state index contributed by atoms with van der Waals surface area (Å²) < 4.78 is 13.8. The Morgan fingerprint density at radius 3 is 2.30 bits per heavy atom. The fraction of sp³-hybridized carbons (Fsp3) is 0.533. The quantitative estimate of drug-likeness (QED) is 0.869. The van der Waals surface area contributed by atoms with Crippen LogP contribution < -0.4 is 5.73 Å². The van der Waals surface area contributed by atoms with Crippen LogP contribution in [-0.4, -0.2) is 47.4 Å². The van der Waals surface area contributed by atoms with Crippen LogP contribution in [0.25, 0.3) is 0 Å². The van der Waals surface area contributed by atoms with E-state index in [-0.39, 0.29) is 36.5 Å². The zero-order valence-electron chi connectivity index (χ0n) is 13.2. The van der Waals surface area contributed by atoms with Crippen molar-refractivity contribution in [1.82, 2.24) is 9.80 Å². The smallest absolute Gasteiger partial charge is 0.242 e. The van der Waals surface area contributed by atoms with E-state index in [4.69, 9.17) is 17.3 Å². The van der Waals surface area contributed by atoms with Gasteiger partial charge >= 0.3 is 0 Å². The molecule has 1 amide bonds. The van der Waals surface area contributed by atoms with Crippen molar-refractivity contribution in [3.8, 4) is 0 Å². The molecule has 132 valence electrons. The molecule has 1 fully saturated rings. The van der Waals surface area contributed by atoms with Gasteiger partial charge in [0, 0.05) is 43.3 Å². The predicted octanol–water partition coefficient (Wildman–Crippen LogP) is 2.70. The molecule has 0 bridgehead atoms. The molecular weight excluding hydrogens is 364 g/mol. The van der Waals surface area contributed by atoms with E-state index in [2.05, 4.69) is 4.90 Å². The number of amides is 1. The second kappa shape index (κ2) is 9.04. The molecule has 0 unspecified atom stereocenters. The van der Waals surface area contributed by atoms with E-state index in [1.165, 1.54) is 6.07 Å². The van der Waals surface area contributed by atoms with Gasteiger partial charge in [0.05, 0.1) is 5.54 Å². The summed E-state index contributed by atoms with van der Waals surface area (Å²) >= 11 is 6.04. The summed E-state index contributed by atoms with van der Waals surface area (Å²) in [6, 6.07) is 4.70. The molecule has 1 aliphatic rings. The summed E-state index contributed by atoms with van der Waals surface area (Å²) in [6.45, 7) is 6.46. The van der Waals surface area contributed by atoms with Crippen molar-refractivity contribution in [3.63, 3.8) is 0 Å². The second-order valence-corrected chi connectivity index (χ2v) is 6.40. The van der Waals surface area contributed by atoms with Crippen molar-refractivity contribution in [1.29, 1.82) is 0 Å². The Labute approximate surface area is 154 Å². The third kappa shape index (κ3) is 5.76. The first-order chi connectivity index (χ1) is 9.79. The minimum absolute atomic E-state index is 0. The van der Waals surface area contributed by atoms with E-state index in [9.17, 15) is 9.18 Å². The normalized spacial score (nSPS) is 15.6. The Morgan fingerprint density at radius 2 is 1.83 bits per heavy atom. The Bertz CT molecular complexity index is 509. The third-order valence-corrected chi connectivity index (χ3v) is 4.01. The first-order valence-corrected chi connectivity index (χ1v) is 7.40. The molecule has 1 aliphatic heterocycles. The van der Waals surface area contributed by atoms with Crippen LogP contribution >= 0.6 is 36.4 Å². The minimum atomic E-state index is -0.850. The molecule has 1 aromatic carbocycles. The van der Waals surface area contributed by atoms with Crippen molar-refractivity contribution in [2.24, 2.45) is 5.73 Å². The van der Waals surface area contributed by atoms with Gasteiger partial charge in [0.15, 0.2) is 0 Å². The molecule has 0 atom stereocenters. The average molecular weight is 387 g/mol. The molecule has 0 spiro atoms. The summed E-state index contributed by atoms with van der Waals surface area (Å²) in [4.78, 5) is 16.0. The summed E-state index contributed by atoms with van der Waals surface area (Å²) in [5, 5.41) is 0.441. The molecule has 0 radical (unpaired) electrons. The first kappa shape index (κ1) is 22.4. The number of carbonyl (C=O) groups excluding carboxylic acids is 1. The molecule has 23 heavy (non-hydrogen) atoms. The lowest BCUT2D eigenvalue weighted by Gasteiger charge is -2.37. The molecule has 1 heterocycles. The third-order valence-electron chi connectivity index (χ3n) is 3.65. The predicted molar refractivity (Wildman–Crippen MR) is 96.0 cm³/mol. The van der Waals surface area contributed by atoms with E-state index in [0.717, 1.165) is 0 Å². The zero-order valence-corrected chi connectivity index (χ0v) is 15.6. The number of rotatable bonds is 3. The minimum Gasteiger partial charge on any atom is -0.339 e. The fourth-order valence-electron chi connectivity index (χ4n) is 2.42. The van der Waals surface area contributed by atoms with E-state index < -0.39 is 5.54 Å². The fourth-order valence-corrected chi connectivity index (χ4v) is 2.65. The molecule has 0 aliphatic carbocycles. The van der Waals surface area contributed by atoms with Crippen LogP contribution in [0.2, 0.25) is 5.02 Å². The van der Waals surface area contributed by atoms with Gasteiger partial charge in [-0.05, 0) is 26.0 Å². The first-order valence-electron chi connectivity index (χ1n) is 7.02. The SMILES string of the molecule is CC(C)(N)C(=O)N1CCN(Cc2c(F)cccc2Cl)CC1.Cl.Cl. The maximum Gasteiger partial charge on any atom is 0.242 e. The van der Waals surface area contributed by atoms with Gasteiger partial charge < -0.3 is 10.6 Å². The summed E-state index contributed by atoms with van der Waals surface area (Å²) in [5.74, 6) is -0.338. The van der Waals surface area contributed by atoms with Crippen LogP contribution in [0.3, 0.4) is 0 Å². The highest BCUT2D eigenvalue weighted by atomic mass is 35.5. The van der Waals surface area contributed by atoms with E-state index in [0.29, 0.717) is 43.3 Å². The average Bonchev–Trinajstić information content (AvgIpc) is 2.42. The van der Waals surface area contributed by atoms with Crippen LogP contribution in [0.15, 0.2) is 18.2 Å². The number of carbonyl (C=O) groups is 1. The highest BCUT2D eigenvalue weighted by Crippen LogP contribution is 2.21. The van der Waals surface area contributed by atoms with Crippen molar-refractivity contribution in [2.75, 3.05) is 26.2 Å². The molecule has 1 saturated heterocycles. The van der Waals surface area contributed by atoms with Gasteiger partial charge in [0.25, 0.3) is 0 Å². The lowest BCUT2D eigenvalue weighted by atomic mass is 10.0. The molecule has 0 saturated carbocycles. The Balaban J connectivity index is 0.00000242. The van der Waals surface area contributed by atoms with Gasteiger partial charge in [-0.15, -0.1) is 24.8 Å². The summed E-state index contributed by atoms with van der Waals surface area (Å²) in [7, 11) is 0. The van der Waals surface area contributed by atoms with Crippen molar-refractivity contribution in [3.05, 3.63) is 34.6 Å². The lowest BCUT2D eigenvalue weighted by Crippen LogP contribution is -2.56. The topological polar surface area (TPSA) is 49.6 Å². The van der Waals surface area contributed by atoms with Crippen LogP contribution in [0, 0.1) is 5.82 Å². The maximum atomic E-state index is 13.8. The zero-order chi connectivity index (χ0) is 15.6. The largest absolute Gasteiger partial charge is 0.339 e. The van der Waals surface area contributed by atoms with Gasteiger partial charge in [0.2, 0.25) is 5.91 Å². The number of hydrogen-bond acceptors (Lipinski definition) is 3. The molecule has 0 aromatic heterocycles. The van der Waals surface area contributed by atoms with E-state index in [1.54, 1.807) is 30.9 Å². The highest BCUT2D eigenvalue weighted by molar-refractivity contribution is 6.31. The molecule has 2 rings (SSSR count). The second-order valence-electron chi connectivity index (χ2n) is 5.99. The van der Waals surface area contributed by atoms with Crippen LogP contribution in [-0.2, 0) is 11.3 Å². The lowest BCUT2D eigenvalue weighted by molar-refractivity contribution is -0.137. The van der Waals surface area contributed by atoms with Crippen LogP contribution in [0.1, 0.15) is 19.4 Å². The summed E-state index contributed by atoms with van der Waals surface area (Å²) in [6.07, 6.45) is 0. The molecule has 4 nitrogen and oxygen atoms in total. The van der Waals surface area contributed by atoms with Crippen molar-refractivity contribution in [2.45, 2.75) is 25.9 Å². The number of piperazine rings is 1. The van der Waals surface area contributed by atoms with Gasteiger partial charge in [-0.1, -0.05) is 17.7 Å². The van der Waals surface area contributed by atoms with Crippen LogP contribution in [0.4, 0.5) is 4.39 Å². The molecule has 8 heteroatoms. The Hall–Kier alpha value is -0.590. The van der Waals surface area contributed by atoms with Crippen molar-refractivity contribution >= 4 is 42.3 Å². The van der Waals surface area contributed by atoms with Gasteiger partial charge in [-0.3, -0.25) is 9.69 Å². The Morgan fingerprint density at radius 1 is 1.26 bits per heavy atom. The van der Waals surface area contributed by atoms with Crippen LogP contribution in [0.5, 0.6) is 0 Å². The Kier molecular flexibility index (Phi) is 8.81. The maximum absolute atomic E-state index is 13.8. The number of hydrogen-bond donors (Lipinski definition) is 1. The van der Waals surface area contributed by atoms with E-state index >= 15 is 0 Å². The van der Waals surface area contributed by atoms with Crippen molar-refractivity contribution < 1.29 is 9.18 Å². The van der Waals surface area contributed by atoms with Gasteiger partial charge in [-0.25, -0.2) is 4.39 Å². The summed E-state index contributed by atoms with van der Waals surface area (Å²) in [5.41, 5.74) is 5.50. The molecule has 1 aromatic rings. The number of nitrogens with zero attached hydrogens (tertiary/aromatic N) is 2. The number of nitrogens with two attached hydrogens (primary N) is 1. The standard InChI is InChI=1S/C15H21ClFN3O.2ClH/c1-15(2,18)14(21)20-8-6-19(7-9-20)10-11-12(16)4-3-5-13(11)17;;/h3-5H,6-10,18H2,1-2H3;2*1H. The highest BCUT2D eigenvalue weighted by Gasteiger charge is 2.30. The molecular formula is C15H23Cl3FN3O.